The highest BCUT2D eigenvalue weighted by Gasteiger charge is 2.11. The summed E-state index contributed by atoms with van der Waals surface area (Å²) in [5, 5.41) is 9.52. The molecule has 0 saturated heterocycles. The zero-order valence-corrected chi connectivity index (χ0v) is 8.83. The number of furan rings is 1. The summed E-state index contributed by atoms with van der Waals surface area (Å²) in [5.74, 6) is 0.587. The van der Waals surface area contributed by atoms with Gasteiger partial charge in [0.05, 0.1) is 6.26 Å². The number of rotatable bonds is 5. The van der Waals surface area contributed by atoms with Crippen molar-refractivity contribution in [2.75, 3.05) is 12.0 Å². The summed E-state index contributed by atoms with van der Waals surface area (Å²) in [6, 6.07) is 3.36. The first-order valence-corrected chi connectivity index (χ1v) is 6.44. The van der Waals surface area contributed by atoms with Gasteiger partial charge in [-0.2, -0.15) is 0 Å². The maximum Gasteiger partial charge on any atom is 0.147 e. The van der Waals surface area contributed by atoms with E-state index < -0.39 is 15.9 Å². The van der Waals surface area contributed by atoms with Gasteiger partial charge in [-0.25, -0.2) is 8.42 Å². The van der Waals surface area contributed by atoms with Crippen LogP contribution in [0.4, 0.5) is 0 Å². The summed E-state index contributed by atoms with van der Waals surface area (Å²) in [4.78, 5) is 0. The molecule has 0 spiro atoms. The normalized spacial score (nSPS) is 14.1. The van der Waals surface area contributed by atoms with Crippen molar-refractivity contribution < 1.29 is 17.9 Å². The van der Waals surface area contributed by atoms with E-state index in [-0.39, 0.29) is 5.75 Å². The summed E-state index contributed by atoms with van der Waals surface area (Å²) < 4.78 is 26.6. The van der Waals surface area contributed by atoms with Crippen LogP contribution in [0.3, 0.4) is 0 Å². The lowest BCUT2D eigenvalue weighted by Crippen LogP contribution is -2.05. The second-order valence-electron chi connectivity index (χ2n) is 3.30. The molecule has 0 aliphatic heterocycles. The van der Waals surface area contributed by atoms with Gasteiger partial charge in [0.2, 0.25) is 0 Å². The average Bonchev–Trinajstić information content (AvgIpc) is 2.53. The molecule has 0 saturated carbocycles. The van der Waals surface area contributed by atoms with E-state index in [9.17, 15) is 13.5 Å². The van der Waals surface area contributed by atoms with E-state index in [1.54, 1.807) is 12.1 Å². The molecule has 1 aromatic rings. The Labute approximate surface area is 83.5 Å². The van der Waals surface area contributed by atoms with Crippen LogP contribution < -0.4 is 0 Å². The zero-order valence-electron chi connectivity index (χ0n) is 8.01. The van der Waals surface area contributed by atoms with E-state index in [4.69, 9.17) is 4.42 Å². The van der Waals surface area contributed by atoms with Gasteiger partial charge < -0.3 is 9.52 Å². The van der Waals surface area contributed by atoms with Gasteiger partial charge in [0, 0.05) is 12.0 Å². The van der Waals surface area contributed by atoms with E-state index in [0.717, 1.165) is 0 Å². The van der Waals surface area contributed by atoms with E-state index in [1.807, 2.05) is 0 Å². The van der Waals surface area contributed by atoms with Gasteiger partial charge in [0.15, 0.2) is 0 Å². The largest absolute Gasteiger partial charge is 0.467 e. The SMILES string of the molecule is CS(=O)(=O)CCCC(O)c1ccco1. The topological polar surface area (TPSA) is 67.5 Å². The summed E-state index contributed by atoms with van der Waals surface area (Å²) in [6.45, 7) is 0. The van der Waals surface area contributed by atoms with Gasteiger partial charge in [-0.05, 0) is 25.0 Å². The number of aliphatic hydroxyl groups excluding tert-OH is 1. The van der Waals surface area contributed by atoms with Gasteiger partial charge in [0.25, 0.3) is 0 Å². The number of sulfone groups is 1. The zero-order chi connectivity index (χ0) is 10.6. The van der Waals surface area contributed by atoms with Crippen molar-refractivity contribution in [1.82, 2.24) is 0 Å². The van der Waals surface area contributed by atoms with Gasteiger partial charge in [0.1, 0.15) is 21.7 Å². The van der Waals surface area contributed by atoms with Crippen LogP contribution in [0.15, 0.2) is 22.8 Å². The Hall–Kier alpha value is -0.810. The Morgan fingerprint density at radius 2 is 2.29 bits per heavy atom. The smallest absolute Gasteiger partial charge is 0.147 e. The number of hydrogen-bond acceptors (Lipinski definition) is 4. The second kappa shape index (κ2) is 4.61. The molecule has 0 aliphatic carbocycles. The lowest BCUT2D eigenvalue weighted by Gasteiger charge is -2.06. The first kappa shape index (κ1) is 11.3. The van der Waals surface area contributed by atoms with Crippen molar-refractivity contribution in [1.29, 1.82) is 0 Å². The second-order valence-corrected chi connectivity index (χ2v) is 5.56. The van der Waals surface area contributed by atoms with Crippen molar-refractivity contribution in [3.63, 3.8) is 0 Å². The molecule has 80 valence electrons. The molecule has 0 fully saturated rings. The Morgan fingerprint density at radius 1 is 1.57 bits per heavy atom. The van der Waals surface area contributed by atoms with E-state index in [1.165, 1.54) is 12.5 Å². The van der Waals surface area contributed by atoms with Crippen LogP contribution >= 0.6 is 0 Å². The van der Waals surface area contributed by atoms with Crippen molar-refractivity contribution in [3.8, 4) is 0 Å². The fourth-order valence-corrected chi connectivity index (χ4v) is 1.85. The van der Waals surface area contributed by atoms with Gasteiger partial charge >= 0.3 is 0 Å². The molecule has 1 unspecified atom stereocenters. The summed E-state index contributed by atoms with van der Waals surface area (Å²) >= 11 is 0. The molecule has 4 nitrogen and oxygen atoms in total. The average molecular weight is 218 g/mol. The van der Waals surface area contributed by atoms with Gasteiger partial charge in [-0.1, -0.05) is 0 Å². The lowest BCUT2D eigenvalue weighted by molar-refractivity contribution is 0.139. The Kier molecular flexibility index (Phi) is 3.71. The molecule has 5 heteroatoms. The van der Waals surface area contributed by atoms with E-state index in [2.05, 4.69) is 0 Å². The third-order valence-corrected chi connectivity index (χ3v) is 2.89. The minimum absolute atomic E-state index is 0.102. The molecule has 14 heavy (non-hydrogen) atoms. The minimum atomic E-state index is -2.93. The molecular formula is C9H14O4S. The molecular weight excluding hydrogens is 204 g/mol. The highest BCUT2D eigenvalue weighted by Crippen LogP contribution is 2.18. The first-order valence-electron chi connectivity index (χ1n) is 4.38. The predicted molar refractivity (Wildman–Crippen MR) is 52.6 cm³/mol. The molecule has 1 aromatic heterocycles. The van der Waals surface area contributed by atoms with Crippen molar-refractivity contribution in [3.05, 3.63) is 24.2 Å². The molecule has 0 amide bonds. The third kappa shape index (κ3) is 3.93. The number of hydrogen-bond donors (Lipinski definition) is 1. The highest BCUT2D eigenvalue weighted by atomic mass is 32.2. The van der Waals surface area contributed by atoms with Crippen LogP contribution in [0, 0.1) is 0 Å². The van der Waals surface area contributed by atoms with Crippen LogP contribution in [-0.4, -0.2) is 25.5 Å². The van der Waals surface area contributed by atoms with Gasteiger partial charge in [-0.3, -0.25) is 0 Å². The highest BCUT2D eigenvalue weighted by molar-refractivity contribution is 7.90. The Morgan fingerprint density at radius 3 is 2.79 bits per heavy atom. The summed E-state index contributed by atoms with van der Waals surface area (Å²) in [6.07, 6.45) is 2.81. The Balaban J connectivity index is 2.33. The number of aliphatic hydroxyl groups is 1. The molecule has 1 heterocycles. The fourth-order valence-electron chi connectivity index (χ4n) is 1.16. The Bertz CT molecular complexity index is 352. The van der Waals surface area contributed by atoms with Crippen molar-refractivity contribution in [2.24, 2.45) is 0 Å². The molecule has 1 atom stereocenters. The fraction of sp³-hybridized carbons (Fsp3) is 0.556. The molecule has 1 N–H and O–H groups in total. The first-order chi connectivity index (χ1) is 6.49. The van der Waals surface area contributed by atoms with Crippen molar-refractivity contribution >= 4 is 9.84 Å². The van der Waals surface area contributed by atoms with Gasteiger partial charge in [-0.15, -0.1) is 0 Å². The predicted octanol–water partition coefficient (Wildman–Crippen LogP) is 1.14. The van der Waals surface area contributed by atoms with E-state index >= 15 is 0 Å². The maximum absolute atomic E-state index is 10.8. The molecule has 0 radical (unpaired) electrons. The quantitative estimate of drug-likeness (QED) is 0.804. The maximum atomic E-state index is 10.8. The molecule has 0 bridgehead atoms. The minimum Gasteiger partial charge on any atom is -0.467 e. The molecule has 0 aliphatic rings. The standard InChI is InChI=1S/C9H14O4S/c1-14(11,12)7-3-4-8(10)9-5-2-6-13-9/h2,5-6,8,10H,3-4,7H2,1H3. The van der Waals surface area contributed by atoms with Crippen LogP contribution in [0.5, 0.6) is 0 Å². The molecule has 0 aromatic carbocycles. The monoisotopic (exact) mass is 218 g/mol. The summed E-state index contributed by atoms with van der Waals surface area (Å²) in [5.41, 5.74) is 0. The third-order valence-electron chi connectivity index (χ3n) is 1.86. The molecule has 1 rings (SSSR count). The van der Waals surface area contributed by atoms with Crippen molar-refractivity contribution in [2.45, 2.75) is 18.9 Å². The van der Waals surface area contributed by atoms with Crippen LogP contribution in [-0.2, 0) is 9.84 Å². The van der Waals surface area contributed by atoms with E-state index in [0.29, 0.717) is 18.6 Å². The summed E-state index contributed by atoms with van der Waals surface area (Å²) in [7, 11) is -2.93. The lowest BCUT2D eigenvalue weighted by atomic mass is 10.2. The van der Waals surface area contributed by atoms with Crippen LogP contribution in [0.1, 0.15) is 24.7 Å². The van der Waals surface area contributed by atoms with Crippen LogP contribution in [0.25, 0.3) is 0 Å². The van der Waals surface area contributed by atoms with Crippen LogP contribution in [0.2, 0.25) is 0 Å².